The minimum Gasteiger partial charge on any atom is -0.462 e. The Bertz CT molecular complexity index is 1570. The molecule has 0 spiro atoms. The van der Waals surface area contributed by atoms with Gasteiger partial charge in [-0.25, -0.2) is 13.8 Å². The van der Waals surface area contributed by atoms with Gasteiger partial charge in [0, 0.05) is 17.1 Å². The van der Waals surface area contributed by atoms with E-state index in [1.165, 1.54) is 6.92 Å². The number of nitrogens with one attached hydrogen (secondary N) is 2. The quantitative estimate of drug-likeness (QED) is 0.212. The van der Waals surface area contributed by atoms with E-state index in [4.69, 9.17) is 18.5 Å². The van der Waals surface area contributed by atoms with Gasteiger partial charge >= 0.3 is 19.4 Å². The Morgan fingerprint density at radius 3 is 2.52 bits per heavy atom. The molecule has 1 aromatic carbocycles. The summed E-state index contributed by atoms with van der Waals surface area (Å²) in [6, 6.07) is 8.59. The second-order valence-electron chi connectivity index (χ2n) is 10.3. The number of ether oxygens (including phenoxy) is 2. The monoisotopic (exact) mass is 625 g/mol. The maximum Gasteiger partial charge on any atom is 0.459 e. The van der Waals surface area contributed by atoms with Gasteiger partial charge in [0.05, 0.1) is 12.7 Å². The Balaban J connectivity index is 1.55. The zero-order chi connectivity index (χ0) is 30.8. The normalized spacial score (nSPS) is 24.3. The maximum atomic E-state index is 15.6. The number of carbonyl (C=O) groups is 1. The molecule has 1 aliphatic rings. The molecule has 15 heteroatoms. The van der Waals surface area contributed by atoms with Crippen molar-refractivity contribution < 1.29 is 37.4 Å². The number of nitrogens with zero attached hydrogens (tertiary/aromatic N) is 1. The van der Waals surface area contributed by atoms with E-state index in [1.807, 2.05) is 23.4 Å². The van der Waals surface area contributed by atoms with Gasteiger partial charge in [0.1, 0.15) is 24.0 Å². The largest absolute Gasteiger partial charge is 0.462 e. The number of alkyl halides is 1. The van der Waals surface area contributed by atoms with E-state index in [-0.39, 0.29) is 5.75 Å². The van der Waals surface area contributed by atoms with E-state index in [2.05, 4.69) is 5.09 Å². The molecule has 0 aliphatic carbocycles. The van der Waals surface area contributed by atoms with E-state index >= 15 is 4.39 Å². The number of hydrogen-bond acceptors (Lipinski definition) is 10. The van der Waals surface area contributed by atoms with E-state index in [1.54, 1.807) is 49.4 Å². The van der Waals surface area contributed by atoms with Crippen molar-refractivity contribution in [1.29, 1.82) is 0 Å². The smallest absolute Gasteiger partial charge is 0.459 e. The van der Waals surface area contributed by atoms with Crippen molar-refractivity contribution in [1.82, 2.24) is 14.6 Å². The van der Waals surface area contributed by atoms with Crippen LogP contribution >= 0.6 is 19.1 Å². The van der Waals surface area contributed by atoms with Gasteiger partial charge in [0.15, 0.2) is 11.9 Å². The van der Waals surface area contributed by atoms with Crippen molar-refractivity contribution in [3.63, 3.8) is 0 Å². The molecule has 2 aromatic heterocycles. The molecular weight excluding hydrogens is 592 g/mol. The highest BCUT2D eigenvalue weighted by Gasteiger charge is 2.56. The Morgan fingerprint density at radius 2 is 1.93 bits per heavy atom. The number of H-pyrrole nitrogens is 1. The summed E-state index contributed by atoms with van der Waals surface area (Å²) >= 11 is 1.57. The van der Waals surface area contributed by atoms with Crippen molar-refractivity contribution in [2.75, 3.05) is 6.61 Å². The molecule has 0 amide bonds. The maximum absolute atomic E-state index is 15.6. The second-order valence-corrected chi connectivity index (χ2v) is 12.9. The molecule has 42 heavy (non-hydrogen) atoms. The van der Waals surface area contributed by atoms with Gasteiger partial charge in [0.2, 0.25) is 0 Å². The van der Waals surface area contributed by atoms with E-state index in [0.717, 1.165) is 39.8 Å². The molecule has 3 heterocycles. The summed E-state index contributed by atoms with van der Waals surface area (Å²) in [6.45, 7) is 7.08. The van der Waals surface area contributed by atoms with E-state index < -0.39 is 67.8 Å². The van der Waals surface area contributed by atoms with Gasteiger partial charge in [-0.1, -0.05) is 0 Å². The molecule has 3 N–H and O–H groups in total. The van der Waals surface area contributed by atoms with Crippen LogP contribution in [-0.4, -0.2) is 57.3 Å². The third-order valence-electron chi connectivity index (χ3n) is 6.49. The zero-order valence-corrected chi connectivity index (χ0v) is 25.3. The number of aromatic amines is 1. The molecule has 0 bridgehead atoms. The molecule has 2 unspecified atom stereocenters. The number of carbonyl (C=O) groups excluding carboxylic acids is 1. The Morgan fingerprint density at radius 1 is 1.24 bits per heavy atom. The highest BCUT2D eigenvalue weighted by molar-refractivity contribution is 7.52. The first-order valence-corrected chi connectivity index (χ1v) is 15.5. The summed E-state index contributed by atoms with van der Waals surface area (Å²) < 4.78 is 52.4. The first-order chi connectivity index (χ1) is 19.7. The molecule has 0 saturated carbocycles. The van der Waals surface area contributed by atoms with Crippen molar-refractivity contribution in [3.8, 4) is 16.2 Å². The molecule has 0 radical (unpaired) electrons. The molecule has 3 aromatic rings. The number of halogens is 1. The molecule has 1 aliphatic heterocycles. The number of thiophene rings is 1. The lowest BCUT2D eigenvalue weighted by molar-refractivity contribution is -0.149. The molecule has 228 valence electrons. The first kappa shape index (κ1) is 31.8. The minimum absolute atomic E-state index is 0.147. The number of aliphatic hydroxyl groups excluding tert-OH is 1. The van der Waals surface area contributed by atoms with Crippen LogP contribution in [0.5, 0.6) is 5.75 Å². The summed E-state index contributed by atoms with van der Waals surface area (Å²) in [4.78, 5) is 39.2. The van der Waals surface area contributed by atoms with Crippen LogP contribution in [0.4, 0.5) is 4.39 Å². The van der Waals surface area contributed by atoms with Gasteiger partial charge in [0.25, 0.3) is 5.56 Å². The molecule has 4 rings (SSSR count). The van der Waals surface area contributed by atoms with Gasteiger partial charge in [-0.15, -0.1) is 11.3 Å². The van der Waals surface area contributed by atoms with Gasteiger partial charge < -0.3 is 19.1 Å². The van der Waals surface area contributed by atoms with Crippen LogP contribution in [0.1, 0.15) is 39.5 Å². The van der Waals surface area contributed by atoms with Crippen LogP contribution in [0.15, 0.2) is 57.6 Å². The van der Waals surface area contributed by atoms with Gasteiger partial charge in [-0.3, -0.25) is 23.7 Å². The SMILES string of the molecule is Cc1ccsc1-c1ccc(OP(=O)(N[C@@H](C)C(=O)OC(C)C)OCC2O[C@@H](n3ccc(=O)[nH]c3=O)[C@](C)(F)[C@@H]2O)cc1. The van der Waals surface area contributed by atoms with Crippen LogP contribution in [0.3, 0.4) is 0 Å². The zero-order valence-electron chi connectivity index (χ0n) is 23.6. The summed E-state index contributed by atoms with van der Waals surface area (Å²) in [7, 11) is -4.39. The highest BCUT2D eigenvalue weighted by atomic mass is 32.1. The van der Waals surface area contributed by atoms with Crippen molar-refractivity contribution in [2.24, 2.45) is 0 Å². The number of esters is 1. The Hall–Kier alpha value is -3.13. The average molecular weight is 626 g/mol. The van der Waals surface area contributed by atoms with Crippen molar-refractivity contribution in [3.05, 3.63) is 74.4 Å². The molecule has 1 saturated heterocycles. The predicted octanol–water partition coefficient (Wildman–Crippen LogP) is 3.69. The first-order valence-electron chi connectivity index (χ1n) is 13.1. The summed E-state index contributed by atoms with van der Waals surface area (Å²) in [5.41, 5.74) is -2.12. The van der Waals surface area contributed by atoms with E-state index in [0.29, 0.717) is 0 Å². The van der Waals surface area contributed by atoms with Crippen LogP contribution in [0.25, 0.3) is 10.4 Å². The van der Waals surface area contributed by atoms with Gasteiger partial charge in [-0.2, -0.15) is 5.09 Å². The van der Waals surface area contributed by atoms with Crippen molar-refractivity contribution >= 4 is 25.1 Å². The lowest BCUT2D eigenvalue weighted by atomic mass is 9.98. The number of rotatable bonds is 11. The number of hydrogen-bond donors (Lipinski definition) is 3. The van der Waals surface area contributed by atoms with Crippen LogP contribution in [0.2, 0.25) is 0 Å². The predicted molar refractivity (Wildman–Crippen MR) is 153 cm³/mol. The summed E-state index contributed by atoms with van der Waals surface area (Å²) in [5.74, 6) is -0.568. The lowest BCUT2D eigenvalue weighted by Gasteiger charge is -2.25. The average Bonchev–Trinajstić information content (AvgIpc) is 3.43. The highest BCUT2D eigenvalue weighted by Crippen LogP contribution is 2.48. The number of aromatic nitrogens is 2. The third-order valence-corrected chi connectivity index (χ3v) is 9.20. The number of aliphatic hydroxyl groups is 1. The minimum atomic E-state index is -4.39. The fourth-order valence-electron chi connectivity index (χ4n) is 4.32. The standard InChI is InChI=1S/C27H33FN3O9PS/c1-15(2)38-24(34)17(4)30-41(36,40-19-8-6-18(7-9-19)22-16(3)11-13-42-22)37-14-20-23(33)27(5,28)25(39-20)31-12-10-21(32)29-26(31)35/h6-13,15,17,20,23,25,33H,14H2,1-5H3,(H,30,36)(H,29,32,35)/t17-,20?,23+,25+,27+,41?/m0/s1. The summed E-state index contributed by atoms with van der Waals surface area (Å²) in [6.07, 6.45) is -4.27. The van der Waals surface area contributed by atoms with Gasteiger partial charge in [-0.05, 0) is 81.5 Å². The lowest BCUT2D eigenvalue weighted by Crippen LogP contribution is -2.43. The van der Waals surface area contributed by atoms with Crippen LogP contribution in [-0.2, 0) is 23.4 Å². The Kier molecular flexibility index (Phi) is 9.55. The number of benzene rings is 1. The Labute approximate surface area is 245 Å². The summed E-state index contributed by atoms with van der Waals surface area (Å²) in [5, 5.41) is 15.2. The van der Waals surface area contributed by atoms with E-state index in [9.17, 15) is 24.1 Å². The topological polar surface area (TPSA) is 158 Å². The second kappa shape index (κ2) is 12.6. The number of aryl methyl sites for hydroxylation is 1. The fourth-order valence-corrected chi connectivity index (χ4v) is 6.76. The fraction of sp³-hybridized carbons (Fsp3) is 0.444. The van der Waals surface area contributed by atoms with Crippen LogP contribution < -0.4 is 20.9 Å². The molecule has 12 nitrogen and oxygen atoms in total. The third kappa shape index (κ3) is 7.08. The van der Waals surface area contributed by atoms with Crippen molar-refractivity contribution in [2.45, 2.75) is 70.9 Å². The molecular formula is C27H33FN3O9PS. The molecule has 6 atom stereocenters. The van der Waals surface area contributed by atoms with Crippen LogP contribution in [0, 0.1) is 6.92 Å². The molecule has 1 fully saturated rings.